The van der Waals surface area contributed by atoms with Crippen molar-refractivity contribution < 1.29 is 47.8 Å². The molecule has 2 heterocycles. The molecule has 2 aliphatic rings. The summed E-state index contributed by atoms with van der Waals surface area (Å²) in [5.41, 5.74) is 0.296. The van der Waals surface area contributed by atoms with E-state index in [2.05, 4.69) is 16.0 Å². The van der Waals surface area contributed by atoms with Crippen LogP contribution in [0.2, 0.25) is 0 Å². The molecule has 0 spiro atoms. The van der Waals surface area contributed by atoms with Crippen LogP contribution in [0, 0.1) is 0 Å². The molecule has 5 rings (SSSR count). The van der Waals surface area contributed by atoms with Crippen LogP contribution in [0.4, 0.5) is 4.79 Å². The standard InChI is InChI=1S/C44H52N6O10/c1-44(2)50(43(58)59-29-30-14-5-4-6-15-30)25-12-11-20-35(47-37(52)22-21-36(45-3)42(57)60-44)41(56)48(24-13-23-46-38(53)32-17-8-7-16-31(32)28-51)26-27-49-39(54)33-18-9-10-19-34(33)40(49)55/h4-10,14-19,28,35-36,45H,11-13,20-27,29H2,1-3H3,(H,46,53)(H,47,52). The first kappa shape index (κ1) is 44.7. The fraction of sp³-hybridized carbons (Fsp3) is 0.409. The van der Waals surface area contributed by atoms with Crippen molar-refractivity contribution in [1.82, 2.24) is 30.7 Å². The molecule has 3 N–H and O–H groups in total. The number of hydrogen-bond donors (Lipinski definition) is 3. The maximum Gasteiger partial charge on any atom is 0.413 e. The van der Waals surface area contributed by atoms with Crippen LogP contribution in [0.5, 0.6) is 0 Å². The highest BCUT2D eigenvalue weighted by Gasteiger charge is 2.39. The molecule has 2 atom stereocenters. The highest BCUT2D eigenvalue weighted by molar-refractivity contribution is 6.21. The van der Waals surface area contributed by atoms with Gasteiger partial charge >= 0.3 is 12.1 Å². The first-order valence-electron chi connectivity index (χ1n) is 20.1. The summed E-state index contributed by atoms with van der Waals surface area (Å²) in [7, 11) is 1.55. The van der Waals surface area contributed by atoms with Gasteiger partial charge in [-0.2, -0.15) is 0 Å². The second-order valence-corrected chi connectivity index (χ2v) is 15.0. The van der Waals surface area contributed by atoms with E-state index >= 15 is 0 Å². The van der Waals surface area contributed by atoms with Gasteiger partial charge in [0.2, 0.25) is 11.8 Å². The molecular weight excluding hydrogens is 773 g/mol. The van der Waals surface area contributed by atoms with Gasteiger partial charge in [0.05, 0.1) is 11.1 Å². The summed E-state index contributed by atoms with van der Waals surface area (Å²) >= 11 is 0. The molecule has 0 bridgehead atoms. The molecule has 3 aromatic rings. The van der Waals surface area contributed by atoms with E-state index in [0.717, 1.165) is 10.5 Å². The van der Waals surface area contributed by atoms with Crippen molar-refractivity contribution in [3.8, 4) is 0 Å². The number of fused-ring (bicyclic) bond motifs is 1. The lowest BCUT2D eigenvalue weighted by atomic mass is 10.0. The number of amides is 6. The highest BCUT2D eigenvalue weighted by Crippen LogP contribution is 2.24. The maximum absolute atomic E-state index is 14.5. The summed E-state index contributed by atoms with van der Waals surface area (Å²) in [6, 6.07) is 20.0. The lowest BCUT2D eigenvalue weighted by molar-refractivity contribution is -0.176. The number of imide groups is 1. The molecule has 60 heavy (non-hydrogen) atoms. The number of likely N-dealkylation sites (N-methyl/N-ethyl adjacent to an activating group) is 1. The molecule has 2 aliphatic heterocycles. The zero-order valence-electron chi connectivity index (χ0n) is 34.1. The van der Waals surface area contributed by atoms with E-state index in [1.165, 1.54) is 21.9 Å². The number of cyclic esters (lactones) is 1. The lowest BCUT2D eigenvalue weighted by Crippen LogP contribution is -2.54. The number of aldehydes is 1. The average molecular weight is 825 g/mol. The Bertz CT molecular complexity index is 2020. The first-order valence-corrected chi connectivity index (χ1v) is 20.1. The van der Waals surface area contributed by atoms with Gasteiger partial charge in [-0.25, -0.2) is 4.79 Å². The van der Waals surface area contributed by atoms with Gasteiger partial charge in [0.15, 0.2) is 12.0 Å². The highest BCUT2D eigenvalue weighted by atomic mass is 16.6. The van der Waals surface area contributed by atoms with E-state index in [4.69, 9.17) is 9.47 Å². The summed E-state index contributed by atoms with van der Waals surface area (Å²) in [6.07, 6.45) is 0.868. The minimum atomic E-state index is -1.44. The molecule has 0 radical (unpaired) electrons. The largest absolute Gasteiger partial charge is 0.444 e. The molecule has 0 saturated carbocycles. The summed E-state index contributed by atoms with van der Waals surface area (Å²) in [5.74, 6) is -3.07. The third-order valence-corrected chi connectivity index (χ3v) is 10.5. The Morgan fingerprint density at radius 1 is 0.900 bits per heavy atom. The van der Waals surface area contributed by atoms with Crippen LogP contribution in [0.1, 0.15) is 99.4 Å². The fourth-order valence-electron chi connectivity index (χ4n) is 7.14. The number of hydrogen-bond acceptors (Lipinski definition) is 11. The van der Waals surface area contributed by atoms with Crippen molar-refractivity contribution in [1.29, 1.82) is 0 Å². The molecule has 0 aliphatic carbocycles. The van der Waals surface area contributed by atoms with Crippen LogP contribution in [-0.2, 0) is 30.5 Å². The van der Waals surface area contributed by atoms with Crippen molar-refractivity contribution in [2.75, 3.05) is 39.8 Å². The van der Waals surface area contributed by atoms with E-state index in [1.54, 1.807) is 57.3 Å². The van der Waals surface area contributed by atoms with Crippen molar-refractivity contribution >= 4 is 47.9 Å². The van der Waals surface area contributed by atoms with E-state index in [1.807, 2.05) is 30.3 Å². The Kier molecular flexibility index (Phi) is 15.7. The minimum Gasteiger partial charge on any atom is -0.444 e. The molecular formula is C44H52N6O10. The summed E-state index contributed by atoms with van der Waals surface area (Å²) in [4.78, 5) is 110. The van der Waals surface area contributed by atoms with Gasteiger partial charge in [0.25, 0.3) is 17.7 Å². The van der Waals surface area contributed by atoms with Gasteiger partial charge in [-0.1, -0.05) is 60.7 Å². The molecule has 1 saturated heterocycles. The van der Waals surface area contributed by atoms with Crippen molar-refractivity contribution in [2.45, 2.75) is 76.8 Å². The Hall–Kier alpha value is -6.42. The number of carbonyl (C=O) groups is 8. The van der Waals surface area contributed by atoms with Crippen LogP contribution in [-0.4, -0.2) is 120 Å². The predicted molar refractivity (Wildman–Crippen MR) is 219 cm³/mol. The molecule has 3 aromatic carbocycles. The number of benzene rings is 3. The van der Waals surface area contributed by atoms with Gasteiger partial charge in [0.1, 0.15) is 18.7 Å². The van der Waals surface area contributed by atoms with Gasteiger partial charge in [-0.3, -0.25) is 43.4 Å². The zero-order chi connectivity index (χ0) is 43.2. The monoisotopic (exact) mass is 824 g/mol. The van der Waals surface area contributed by atoms with Crippen molar-refractivity contribution in [3.63, 3.8) is 0 Å². The van der Waals surface area contributed by atoms with E-state index in [9.17, 15) is 38.4 Å². The second-order valence-electron chi connectivity index (χ2n) is 15.0. The Morgan fingerprint density at radius 2 is 1.57 bits per heavy atom. The van der Waals surface area contributed by atoms with E-state index < -0.39 is 59.4 Å². The smallest absolute Gasteiger partial charge is 0.413 e. The van der Waals surface area contributed by atoms with Gasteiger partial charge in [-0.15, -0.1) is 0 Å². The molecule has 16 nitrogen and oxygen atoms in total. The van der Waals surface area contributed by atoms with Gasteiger partial charge in [0, 0.05) is 50.3 Å². The quantitative estimate of drug-likeness (QED) is 0.0983. The Morgan fingerprint density at radius 3 is 2.25 bits per heavy atom. The third-order valence-electron chi connectivity index (χ3n) is 10.5. The summed E-state index contributed by atoms with van der Waals surface area (Å²) in [5, 5.41) is 8.49. The normalized spacial score (nSPS) is 18.4. The van der Waals surface area contributed by atoms with Crippen LogP contribution in [0.25, 0.3) is 0 Å². The summed E-state index contributed by atoms with van der Waals surface area (Å²) < 4.78 is 11.5. The number of carbonyl (C=O) groups excluding carboxylic acids is 8. The SMILES string of the molecule is CNC1CCC(=O)NC(C(=O)N(CCCNC(=O)c2ccccc2C=O)CCN2C(=O)c3ccccc3C2=O)CCCCN(C(=O)OCc2ccccc2)C(C)(C)OC1=O. The first-order chi connectivity index (χ1) is 28.8. The topological polar surface area (TPSA) is 201 Å². The lowest BCUT2D eigenvalue weighted by Gasteiger charge is -2.38. The molecule has 1 fully saturated rings. The number of ether oxygens (including phenoxy) is 2. The molecule has 2 unspecified atom stereocenters. The maximum atomic E-state index is 14.5. The second kappa shape index (κ2) is 21.0. The van der Waals surface area contributed by atoms with Crippen molar-refractivity contribution in [2.24, 2.45) is 0 Å². The number of nitrogens with zero attached hydrogens (tertiary/aromatic N) is 3. The van der Waals surface area contributed by atoms with E-state index in [-0.39, 0.29) is 87.3 Å². The van der Waals surface area contributed by atoms with Crippen LogP contribution in [0.15, 0.2) is 78.9 Å². The molecule has 318 valence electrons. The van der Waals surface area contributed by atoms with Crippen LogP contribution < -0.4 is 16.0 Å². The third kappa shape index (κ3) is 11.4. The molecule has 6 amide bonds. The molecule has 0 aromatic heterocycles. The average Bonchev–Trinajstić information content (AvgIpc) is 3.49. The summed E-state index contributed by atoms with van der Waals surface area (Å²) in [6.45, 7) is 3.25. The number of rotatable bonds is 13. The zero-order valence-corrected chi connectivity index (χ0v) is 34.1. The number of nitrogens with one attached hydrogen (secondary N) is 3. The molecule has 16 heteroatoms. The van der Waals surface area contributed by atoms with Crippen LogP contribution in [0.3, 0.4) is 0 Å². The fourth-order valence-corrected chi connectivity index (χ4v) is 7.14. The van der Waals surface area contributed by atoms with Gasteiger partial charge < -0.3 is 30.3 Å². The number of esters is 1. The minimum absolute atomic E-state index is 0.00574. The Labute approximate surface area is 348 Å². The Balaban J connectivity index is 1.33. The van der Waals surface area contributed by atoms with Crippen LogP contribution >= 0.6 is 0 Å². The van der Waals surface area contributed by atoms with E-state index in [0.29, 0.717) is 19.1 Å². The van der Waals surface area contributed by atoms with Crippen molar-refractivity contribution in [3.05, 3.63) is 107 Å². The predicted octanol–water partition coefficient (Wildman–Crippen LogP) is 3.70. The van der Waals surface area contributed by atoms with Gasteiger partial charge in [-0.05, 0) is 76.8 Å².